The number of amides is 5. The lowest BCUT2D eigenvalue weighted by Gasteiger charge is -2.34. The average molecular weight is 1300 g/mol. The van der Waals surface area contributed by atoms with Crippen LogP contribution >= 0.6 is 0 Å². The summed E-state index contributed by atoms with van der Waals surface area (Å²) in [5.74, 6) is -4.30. The molecule has 0 radical (unpaired) electrons. The SMILES string of the molecule is CCCCc1c2c(nc3cc4c(cc13)OCO4)-c1cc3c(c(=O)n1C2)COC(=O)[C@@]3(OC)OC(=O)OCc1ccc(NC(=O)[C@H](CCCCN)NC(=O)CCOCCOCCOCCOCCOCCOCCOCCOCCNC(=O)CCN2C(=O)C=CC2=O)cc1. The number of nitrogens with one attached hydrogen (secondary N) is 3. The third-order valence-corrected chi connectivity index (χ3v) is 15.2. The molecule has 0 aliphatic carbocycles. The van der Waals surface area contributed by atoms with Gasteiger partial charge in [-0.2, -0.15) is 0 Å². The number of rotatable bonds is 44. The van der Waals surface area contributed by atoms with Crippen molar-refractivity contribution in [2.24, 2.45) is 5.73 Å². The Bertz CT molecular complexity index is 3270. The molecule has 2 atom stereocenters. The zero-order chi connectivity index (χ0) is 65.8. The Balaban J connectivity index is 0.647. The van der Waals surface area contributed by atoms with Gasteiger partial charge < -0.3 is 92.6 Å². The highest BCUT2D eigenvalue weighted by molar-refractivity contribution is 6.13. The molecule has 2 aromatic heterocycles. The highest BCUT2D eigenvalue weighted by Gasteiger charge is 2.53. The normalized spacial score (nSPS) is 15.5. The molecule has 0 spiro atoms. The van der Waals surface area contributed by atoms with Gasteiger partial charge in [0.05, 0.1) is 140 Å². The predicted octanol–water partition coefficient (Wildman–Crippen LogP) is 3.21. The zero-order valence-electron chi connectivity index (χ0n) is 52.6. The number of aromatic nitrogens is 2. The van der Waals surface area contributed by atoms with Gasteiger partial charge in [-0.1, -0.05) is 25.5 Å². The molecule has 5 N–H and O–H groups in total. The Labute approximate surface area is 537 Å². The number of cyclic esters (lactones) is 1. The van der Waals surface area contributed by atoms with Crippen molar-refractivity contribution < 1.29 is 99.9 Å². The van der Waals surface area contributed by atoms with E-state index < -0.39 is 47.2 Å². The lowest BCUT2D eigenvalue weighted by Crippen LogP contribution is -2.49. The van der Waals surface area contributed by atoms with Gasteiger partial charge in [-0.15, -0.1) is 0 Å². The van der Waals surface area contributed by atoms with Gasteiger partial charge in [-0.3, -0.25) is 33.7 Å². The quantitative estimate of drug-likeness (QED) is 0.0188. The van der Waals surface area contributed by atoms with Gasteiger partial charge in [0.2, 0.25) is 24.5 Å². The second-order valence-corrected chi connectivity index (χ2v) is 21.6. The number of fused-ring (bicyclic) bond motifs is 6. The van der Waals surface area contributed by atoms with E-state index in [2.05, 4.69) is 22.9 Å². The second kappa shape index (κ2) is 37.1. The van der Waals surface area contributed by atoms with Crippen LogP contribution in [0.15, 0.2) is 59.4 Å². The molecule has 93 heavy (non-hydrogen) atoms. The predicted molar refractivity (Wildman–Crippen MR) is 330 cm³/mol. The Morgan fingerprint density at radius 3 is 1.90 bits per heavy atom. The number of carbonyl (C=O) groups is 7. The van der Waals surface area contributed by atoms with Crippen molar-refractivity contribution in [3.8, 4) is 22.9 Å². The molecular weight excluding hydrogens is 1220 g/mol. The molecule has 6 heterocycles. The minimum Gasteiger partial charge on any atom is -0.455 e. The Morgan fingerprint density at radius 1 is 0.699 bits per heavy atom. The van der Waals surface area contributed by atoms with Crippen LogP contribution < -0.4 is 36.7 Å². The van der Waals surface area contributed by atoms with Gasteiger partial charge in [0.15, 0.2) is 11.5 Å². The van der Waals surface area contributed by atoms with Crippen molar-refractivity contribution in [3.63, 3.8) is 0 Å². The fraction of sp³-hybridized carbons (Fsp3) is 0.547. The molecule has 5 amide bonds. The molecule has 0 fully saturated rings. The first-order valence-electron chi connectivity index (χ1n) is 31.3. The first-order chi connectivity index (χ1) is 45.3. The number of carbonyl (C=O) groups excluding carboxylic acids is 7. The molecule has 0 unspecified atom stereocenters. The van der Waals surface area contributed by atoms with E-state index >= 15 is 0 Å². The van der Waals surface area contributed by atoms with E-state index in [-0.39, 0.29) is 82.1 Å². The van der Waals surface area contributed by atoms with Crippen molar-refractivity contribution in [2.45, 2.75) is 89.9 Å². The van der Waals surface area contributed by atoms with E-state index in [4.69, 9.17) is 77.0 Å². The first kappa shape index (κ1) is 70.9. The Kier molecular flexibility index (Phi) is 28.2. The number of aryl methyl sites for hydroxylation is 1. The van der Waals surface area contributed by atoms with Gasteiger partial charge in [0.1, 0.15) is 19.3 Å². The number of anilines is 1. The molecule has 8 rings (SSSR count). The molecule has 0 saturated carbocycles. The maximum Gasteiger partial charge on any atom is 0.511 e. The number of imide groups is 1. The highest BCUT2D eigenvalue weighted by atomic mass is 16.8. The minimum absolute atomic E-state index is 0.00942. The van der Waals surface area contributed by atoms with Gasteiger partial charge in [-0.05, 0) is 74.0 Å². The molecule has 4 aliphatic heterocycles. The number of unbranched alkanes of at least 4 members (excludes halogenated alkanes) is 2. The number of ether oxygens (including phenoxy) is 14. The summed E-state index contributed by atoms with van der Waals surface area (Å²) in [4.78, 5) is 109. The summed E-state index contributed by atoms with van der Waals surface area (Å²) in [6, 6.07) is 10.9. The van der Waals surface area contributed by atoms with Crippen LogP contribution in [0.4, 0.5) is 10.5 Å². The second-order valence-electron chi connectivity index (χ2n) is 21.6. The molecule has 29 heteroatoms. The fourth-order valence-electron chi connectivity index (χ4n) is 10.3. The van der Waals surface area contributed by atoms with E-state index in [0.717, 1.165) is 47.8 Å². The third-order valence-electron chi connectivity index (χ3n) is 15.2. The third kappa shape index (κ3) is 20.3. The summed E-state index contributed by atoms with van der Waals surface area (Å²) in [7, 11) is 1.16. The molecule has 4 aromatic rings. The first-order valence-corrected chi connectivity index (χ1v) is 31.3. The van der Waals surface area contributed by atoms with E-state index in [1.807, 2.05) is 12.1 Å². The molecule has 0 bridgehead atoms. The van der Waals surface area contributed by atoms with Crippen molar-refractivity contribution in [2.75, 3.05) is 145 Å². The molecule has 4 aliphatic rings. The summed E-state index contributed by atoms with van der Waals surface area (Å²) in [5.41, 5.74) is 9.70. The maximum absolute atomic E-state index is 14.3. The lowest BCUT2D eigenvalue weighted by atomic mass is 9.94. The average Bonchev–Trinajstić information content (AvgIpc) is 1.64. The standard InChI is InChI=1S/C64H83N7O22/c1-3-4-7-45-46-36-53-54(92-42-91-53)38-51(46)69-59-47(45)39-71-52(59)37-49-48(61(71)77)41-89-62(78)64(49,80-2)93-63(79)90-40-43-9-11-44(12-10-43)67-60(76)50(8-5-6-17-65)68-56(73)16-20-81-22-24-83-26-28-85-30-32-87-34-35-88-33-31-86-29-27-84-25-23-82-21-18-66-55(72)15-19-70-57(74)13-14-58(70)75/h9-14,36-38,50H,3-8,15-35,39-42,65H2,1-2H3,(H,66,72)(H,67,76)(H,68,73)/t50-,64-/m0/s1. The van der Waals surface area contributed by atoms with Crippen molar-refractivity contribution in [1.82, 2.24) is 25.1 Å². The number of pyridine rings is 2. The molecule has 2 aromatic carbocycles. The summed E-state index contributed by atoms with van der Waals surface area (Å²) in [6.45, 7) is 8.03. The van der Waals surface area contributed by atoms with Gasteiger partial charge >= 0.3 is 17.9 Å². The highest BCUT2D eigenvalue weighted by Crippen LogP contribution is 2.44. The van der Waals surface area contributed by atoms with E-state index in [9.17, 15) is 38.4 Å². The zero-order valence-corrected chi connectivity index (χ0v) is 52.6. The molecule has 506 valence electrons. The van der Waals surface area contributed by atoms with Gasteiger partial charge in [0, 0.05) is 67.9 Å². The summed E-state index contributed by atoms with van der Waals surface area (Å²) in [5, 5.41) is 9.20. The summed E-state index contributed by atoms with van der Waals surface area (Å²) >= 11 is 0. The van der Waals surface area contributed by atoms with Crippen LogP contribution in [0, 0.1) is 0 Å². The van der Waals surface area contributed by atoms with Crippen LogP contribution in [0.2, 0.25) is 0 Å². The van der Waals surface area contributed by atoms with Crippen LogP contribution in [0.3, 0.4) is 0 Å². The largest absolute Gasteiger partial charge is 0.511 e. The number of nitrogens with zero attached hydrogens (tertiary/aromatic N) is 3. The molecular formula is C64H83N7O22. The topological polar surface area (TPSA) is 349 Å². The number of methoxy groups -OCH3 is 1. The summed E-state index contributed by atoms with van der Waals surface area (Å²) in [6.07, 6.45) is 5.24. The molecule has 29 nitrogen and oxygen atoms in total. The van der Waals surface area contributed by atoms with Crippen molar-refractivity contribution in [1.29, 1.82) is 0 Å². The minimum atomic E-state index is -2.49. The van der Waals surface area contributed by atoms with Crippen LogP contribution in [-0.4, -0.2) is 201 Å². The number of esters is 1. The number of hydrogen-bond acceptors (Lipinski definition) is 24. The van der Waals surface area contributed by atoms with E-state index in [0.29, 0.717) is 165 Å². The fourth-order valence-corrected chi connectivity index (χ4v) is 10.3. The number of nitrogens with two attached hydrogens (primary N) is 1. The maximum atomic E-state index is 14.3. The van der Waals surface area contributed by atoms with Crippen molar-refractivity contribution >= 4 is 58.3 Å². The Hall–Kier alpha value is -7.97. The number of hydrogen-bond donors (Lipinski definition) is 4. The van der Waals surface area contributed by atoms with Crippen molar-refractivity contribution in [3.05, 3.63) is 92.8 Å². The molecule has 0 saturated heterocycles. The van der Waals surface area contributed by atoms with Crippen LogP contribution in [0.25, 0.3) is 22.3 Å². The lowest BCUT2D eigenvalue weighted by molar-refractivity contribution is -0.237. The van der Waals surface area contributed by atoms with Gasteiger partial charge in [-0.25, -0.2) is 14.6 Å². The summed E-state index contributed by atoms with van der Waals surface area (Å²) < 4.78 is 79.2. The number of benzene rings is 2. The monoisotopic (exact) mass is 1300 g/mol. The van der Waals surface area contributed by atoms with E-state index in [1.165, 1.54) is 12.2 Å². The smallest absolute Gasteiger partial charge is 0.455 e. The van der Waals surface area contributed by atoms with Gasteiger partial charge in [0.25, 0.3) is 17.4 Å². The Morgan fingerprint density at radius 2 is 1.30 bits per heavy atom. The van der Waals surface area contributed by atoms with Crippen LogP contribution in [0.5, 0.6) is 11.5 Å². The van der Waals surface area contributed by atoms with E-state index in [1.54, 1.807) is 34.9 Å². The van der Waals surface area contributed by atoms with Crippen LogP contribution in [0.1, 0.15) is 79.7 Å². The van der Waals surface area contributed by atoms with Crippen LogP contribution in [-0.2, 0) is 118 Å².